The number of benzene rings is 1. The highest BCUT2D eigenvalue weighted by Crippen LogP contribution is 2.12. The number of nitrogens with one attached hydrogen (secondary N) is 1. The van der Waals surface area contributed by atoms with E-state index in [4.69, 9.17) is 11.6 Å². The van der Waals surface area contributed by atoms with E-state index < -0.39 is 0 Å². The largest absolute Gasteiger partial charge is 0.350 e. The van der Waals surface area contributed by atoms with E-state index in [0.29, 0.717) is 11.6 Å². The molecular weight excluding hydrogens is 314 g/mol. The molecule has 0 bridgehead atoms. The summed E-state index contributed by atoms with van der Waals surface area (Å²) < 4.78 is 0. The average molecular weight is 340 g/mol. The van der Waals surface area contributed by atoms with Crippen LogP contribution in [0.1, 0.15) is 26.3 Å². The van der Waals surface area contributed by atoms with Crippen LogP contribution in [0.3, 0.4) is 0 Å². The third kappa shape index (κ3) is 8.00. The summed E-state index contributed by atoms with van der Waals surface area (Å²) in [7, 11) is 3.50. The molecule has 1 aromatic carbocycles. The van der Waals surface area contributed by atoms with Crippen LogP contribution in [0.2, 0.25) is 5.02 Å². The number of amides is 2. The Morgan fingerprint density at radius 2 is 1.83 bits per heavy atom. The third-order valence-corrected chi connectivity index (χ3v) is 3.30. The molecule has 0 atom stereocenters. The Balaban J connectivity index is 2.46. The highest BCUT2D eigenvalue weighted by atomic mass is 35.5. The molecule has 0 heterocycles. The molecule has 0 aliphatic heterocycles. The molecule has 1 aromatic rings. The van der Waals surface area contributed by atoms with Crippen molar-refractivity contribution in [1.29, 1.82) is 0 Å². The van der Waals surface area contributed by atoms with Gasteiger partial charge in [-0.3, -0.25) is 14.5 Å². The number of rotatable bonds is 6. The summed E-state index contributed by atoms with van der Waals surface area (Å²) in [5.41, 5.74) is 0.701. The lowest BCUT2D eigenvalue weighted by Gasteiger charge is -2.24. The number of carbonyl (C=O) groups excluding carboxylic acids is 2. The molecule has 0 aromatic heterocycles. The monoisotopic (exact) mass is 339 g/mol. The van der Waals surface area contributed by atoms with E-state index in [1.165, 1.54) is 0 Å². The Morgan fingerprint density at radius 3 is 2.39 bits per heavy atom. The molecule has 6 heteroatoms. The summed E-state index contributed by atoms with van der Waals surface area (Å²) in [5.74, 6) is -0.138. The normalized spacial score (nSPS) is 11.4. The van der Waals surface area contributed by atoms with Crippen molar-refractivity contribution >= 4 is 23.4 Å². The Labute approximate surface area is 143 Å². The van der Waals surface area contributed by atoms with Gasteiger partial charge in [0, 0.05) is 24.2 Å². The fraction of sp³-hybridized carbons (Fsp3) is 0.529. The topological polar surface area (TPSA) is 52.7 Å². The Kier molecular flexibility index (Phi) is 7.03. The van der Waals surface area contributed by atoms with Gasteiger partial charge in [-0.05, 0) is 45.5 Å². The fourth-order valence-electron chi connectivity index (χ4n) is 2.11. The van der Waals surface area contributed by atoms with E-state index >= 15 is 0 Å². The molecule has 0 saturated heterocycles. The zero-order valence-electron chi connectivity index (χ0n) is 14.5. The number of hydrogen-bond acceptors (Lipinski definition) is 3. The van der Waals surface area contributed by atoms with Gasteiger partial charge in [0.1, 0.15) is 0 Å². The van der Waals surface area contributed by atoms with Gasteiger partial charge >= 0.3 is 0 Å². The summed E-state index contributed by atoms with van der Waals surface area (Å²) >= 11 is 5.95. The number of likely N-dealkylation sites (N-methyl/N-ethyl adjacent to an activating group) is 2. The van der Waals surface area contributed by atoms with Gasteiger partial charge in [-0.15, -0.1) is 0 Å². The van der Waals surface area contributed by atoms with Crippen molar-refractivity contribution in [2.24, 2.45) is 0 Å². The first kappa shape index (κ1) is 19.5. The van der Waals surface area contributed by atoms with Crippen LogP contribution in [0.4, 0.5) is 0 Å². The van der Waals surface area contributed by atoms with Crippen molar-refractivity contribution in [2.75, 3.05) is 27.2 Å². The van der Waals surface area contributed by atoms with E-state index in [9.17, 15) is 9.59 Å². The van der Waals surface area contributed by atoms with Crippen LogP contribution >= 0.6 is 11.6 Å². The average Bonchev–Trinajstić information content (AvgIpc) is 2.35. The van der Waals surface area contributed by atoms with Gasteiger partial charge in [0.25, 0.3) is 0 Å². The maximum Gasteiger partial charge on any atom is 0.236 e. The molecule has 0 aliphatic carbocycles. The summed E-state index contributed by atoms with van der Waals surface area (Å²) in [4.78, 5) is 27.4. The lowest BCUT2D eigenvalue weighted by Crippen LogP contribution is -2.46. The van der Waals surface area contributed by atoms with Gasteiger partial charge in [0.2, 0.25) is 11.8 Å². The van der Waals surface area contributed by atoms with Gasteiger partial charge in [0.05, 0.1) is 13.1 Å². The maximum atomic E-state index is 12.2. The van der Waals surface area contributed by atoms with Crippen molar-refractivity contribution < 1.29 is 9.59 Å². The Hall–Kier alpha value is -1.59. The van der Waals surface area contributed by atoms with Crippen LogP contribution in [0.15, 0.2) is 24.3 Å². The second kappa shape index (κ2) is 8.31. The molecule has 0 saturated carbocycles. The van der Waals surface area contributed by atoms with E-state index in [-0.39, 0.29) is 30.4 Å². The first-order valence-corrected chi connectivity index (χ1v) is 7.92. The van der Waals surface area contributed by atoms with Crippen molar-refractivity contribution in [3.8, 4) is 0 Å². The fourth-order valence-corrected chi connectivity index (χ4v) is 2.32. The first-order valence-electron chi connectivity index (χ1n) is 7.55. The van der Waals surface area contributed by atoms with Crippen molar-refractivity contribution in [2.45, 2.75) is 32.9 Å². The molecule has 0 unspecified atom stereocenters. The highest BCUT2D eigenvalue weighted by molar-refractivity contribution is 6.30. The quantitative estimate of drug-likeness (QED) is 0.864. The maximum absolute atomic E-state index is 12.2. The minimum Gasteiger partial charge on any atom is -0.350 e. The molecule has 5 nitrogen and oxygen atoms in total. The molecule has 0 spiro atoms. The third-order valence-electron chi connectivity index (χ3n) is 3.07. The highest BCUT2D eigenvalue weighted by Gasteiger charge is 2.17. The zero-order chi connectivity index (χ0) is 17.6. The van der Waals surface area contributed by atoms with Crippen LogP contribution in [0.5, 0.6) is 0 Å². The second-order valence-electron chi connectivity index (χ2n) is 6.85. The molecule has 0 fully saturated rings. The number of hydrogen-bond donors (Lipinski definition) is 1. The van der Waals surface area contributed by atoms with Crippen molar-refractivity contribution in [3.05, 3.63) is 34.9 Å². The lowest BCUT2D eigenvalue weighted by molar-refractivity contribution is -0.132. The smallest absolute Gasteiger partial charge is 0.236 e. The summed E-state index contributed by atoms with van der Waals surface area (Å²) in [6.45, 7) is 6.64. The predicted octanol–water partition coefficient (Wildman–Crippen LogP) is 2.14. The molecule has 1 rings (SSSR count). The molecule has 2 amide bonds. The number of carbonyl (C=O) groups is 2. The van der Waals surface area contributed by atoms with Crippen LogP contribution < -0.4 is 5.32 Å². The van der Waals surface area contributed by atoms with Crippen LogP contribution in [0.25, 0.3) is 0 Å². The van der Waals surface area contributed by atoms with Crippen molar-refractivity contribution in [3.63, 3.8) is 0 Å². The van der Waals surface area contributed by atoms with Gasteiger partial charge in [0.15, 0.2) is 0 Å². The van der Waals surface area contributed by atoms with Crippen molar-refractivity contribution in [1.82, 2.24) is 15.1 Å². The van der Waals surface area contributed by atoms with E-state index in [1.807, 2.05) is 39.0 Å². The van der Waals surface area contributed by atoms with Gasteiger partial charge in [-0.1, -0.05) is 23.7 Å². The summed E-state index contributed by atoms with van der Waals surface area (Å²) in [6, 6.07) is 7.43. The van der Waals surface area contributed by atoms with E-state index in [0.717, 1.165) is 5.56 Å². The molecule has 1 N–H and O–H groups in total. The molecule has 23 heavy (non-hydrogen) atoms. The van der Waals surface area contributed by atoms with Gasteiger partial charge < -0.3 is 10.2 Å². The Morgan fingerprint density at radius 1 is 1.17 bits per heavy atom. The van der Waals surface area contributed by atoms with Crippen LogP contribution in [-0.2, 0) is 16.1 Å². The first-order chi connectivity index (χ1) is 10.6. The predicted molar refractivity (Wildman–Crippen MR) is 93.3 cm³/mol. The van der Waals surface area contributed by atoms with Gasteiger partial charge in [-0.25, -0.2) is 0 Å². The summed E-state index contributed by atoms with van der Waals surface area (Å²) in [6.07, 6.45) is 0. The molecule has 0 aliphatic rings. The SMILES string of the molecule is CN(CC(=O)NC(C)(C)C)CC(=O)N(C)Cc1cccc(Cl)c1. The van der Waals surface area contributed by atoms with Crippen LogP contribution in [0, 0.1) is 0 Å². The minimum atomic E-state index is -0.273. The van der Waals surface area contributed by atoms with Gasteiger partial charge in [-0.2, -0.15) is 0 Å². The molecule has 0 radical (unpaired) electrons. The standard InChI is InChI=1S/C17H26ClN3O2/c1-17(2,3)19-15(22)11-20(4)12-16(23)21(5)10-13-7-6-8-14(18)9-13/h6-9H,10-12H2,1-5H3,(H,19,22). The number of halogens is 1. The van der Waals surface area contributed by atoms with E-state index in [1.54, 1.807) is 30.0 Å². The number of nitrogens with zero attached hydrogens (tertiary/aromatic N) is 2. The summed E-state index contributed by atoms with van der Waals surface area (Å²) in [5, 5.41) is 3.53. The Bertz CT molecular complexity index is 555. The molecule has 128 valence electrons. The van der Waals surface area contributed by atoms with Crippen LogP contribution in [-0.4, -0.2) is 54.3 Å². The second-order valence-corrected chi connectivity index (χ2v) is 7.29. The minimum absolute atomic E-state index is 0.0453. The zero-order valence-corrected chi connectivity index (χ0v) is 15.3. The van der Waals surface area contributed by atoms with E-state index in [2.05, 4.69) is 5.32 Å². The molecular formula is C17H26ClN3O2. The lowest BCUT2D eigenvalue weighted by atomic mass is 10.1.